The van der Waals surface area contributed by atoms with Gasteiger partial charge in [-0.25, -0.2) is 4.98 Å². The maximum Gasteiger partial charge on any atom is 0.237 e. The Bertz CT molecular complexity index is 500. The van der Waals surface area contributed by atoms with Crippen LogP contribution in [0.3, 0.4) is 0 Å². The Hall–Kier alpha value is -1.36. The number of nitrogens with one attached hydrogen (secondary N) is 2. The Morgan fingerprint density at radius 1 is 1.24 bits per heavy atom. The Morgan fingerprint density at radius 2 is 2.14 bits per heavy atom. The number of imidazole rings is 1. The topological polar surface area (TPSA) is 59.0 Å². The second-order valence-corrected chi connectivity index (χ2v) is 6.86. The molecule has 2 saturated carbocycles. The average molecular weight is 288 g/mol. The van der Waals surface area contributed by atoms with E-state index >= 15 is 0 Å². The van der Waals surface area contributed by atoms with Crippen LogP contribution in [0.25, 0.3) is 0 Å². The van der Waals surface area contributed by atoms with Gasteiger partial charge in [0.25, 0.3) is 0 Å². The van der Waals surface area contributed by atoms with E-state index in [2.05, 4.69) is 20.2 Å². The third-order valence-electron chi connectivity index (χ3n) is 5.74. The number of amides is 1. The number of carbonyl (C=O) groups is 1. The van der Waals surface area contributed by atoms with Crippen LogP contribution in [0.4, 0.5) is 0 Å². The second-order valence-electron chi connectivity index (χ2n) is 6.86. The number of carbonyl (C=O) groups excluding carboxylic acids is 1. The minimum absolute atomic E-state index is 0.0431. The van der Waals surface area contributed by atoms with Crippen LogP contribution in [-0.4, -0.2) is 34.1 Å². The standard InChI is InChI=1S/C16H24N4O/c21-16(15-12-4-1-3-11(12)9-18-15)19-13-5-2-6-14(13)20-8-7-17-10-20/h7-8,10-15,18H,1-6,9H2,(H,19,21). The summed E-state index contributed by atoms with van der Waals surface area (Å²) in [4.78, 5) is 16.8. The highest BCUT2D eigenvalue weighted by Crippen LogP contribution is 2.38. The number of nitrogens with zero attached hydrogens (tertiary/aromatic N) is 2. The average Bonchev–Trinajstić information content (AvgIpc) is 3.23. The van der Waals surface area contributed by atoms with Gasteiger partial charge in [0.1, 0.15) is 0 Å². The van der Waals surface area contributed by atoms with Crippen molar-refractivity contribution in [2.75, 3.05) is 6.54 Å². The number of hydrogen-bond acceptors (Lipinski definition) is 3. The van der Waals surface area contributed by atoms with E-state index in [4.69, 9.17) is 0 Å². The highest BCUT2D eigenvalue weighted by atomic mass is 16.2. The van der Waals surface area contributed by atoms with Gasteiger partial charge in [0.05, 0.1) is 18.4 Å². The Balaban J connectivity index is 1.42. The van der Waals surface area contributed by atoms with Gasteiger partial charge in [-0.05, 0) is 50.5 Å². The van der Waals surface area contributed by atoms with E-state index < -0.39 is 0 Å². The fourth-order valence-electron chi connectivity index (χ4n) is 4.68. The van der Waals surface area contributed by atoms with Gasteiger partial charge < -0.3 is 15.2 Å². The number of hydrogen-bond donors (Lipinski definition) is 2. The van der Waals surface area contributed by atoms with Crippen LogP contribution in [0, 0.1) is 11.8 Å². The van der Waals surface area contributed by atoms with Crippen LogP contribution in [0.1, 0.15) is 44.6 Å². The van der Waals surface area contributed by atoms with Gasteiger partial charge in [0, 0.05) is 18.4 Å². The van der Waals surface area contributed by atoms with E-state index in [-0.39, 0.29) is 18.0 Å². The van der Waals surface area contributed by atoms with Crippen LogP contribution >= 0.6 is 0 Å². The van der Waals surface area contributed by atoms with Gasteiger partial charge in [-0.3, -0.25) is 4.79 Å². The van der Waals surface area contributed by atoms with Crippen molar-refractivity contribution in [1.29, 1.82) is 0 Å². The van der Waals surface area contributed by atoms with E-state index in [1.54, 1.807) is 0 Å². The summed E-state index contributed by atoms with van der Waals surface area (Å²) in [5, 5.41) is 6.77. The van der Waals surface area contributed by atoms with Gasteiger partial charge in [-0.15, -0.1) is 0 Å². The van der Waals surface area contributed by atoms with Gasteiger partial charge in [0.15, 0.2) is 0 Å². The minimum atomic E-state index is 0.0431. The molecule has 3 fully saturated rings. The van der Waals surface area contributed by atoms with Crippen molar-refractivity contribution < 1.29 is 4.79 Å². The smallest absolute Gasteiger partial charge is 0.237 e. The highest BCUT2D eigenvalue weighted by molar-refractivity contribution is 5.83. The van der Waals surface area contributed by atoms with Crippen LogP contribution in [-0.2, 0) is 4.79 Å². The Morgan fingerprint density at radius 3 is 3.00 bits per heavy atom. The predicted molar refractivity (Wildman–Crippen MR) is 79.7 cm³/mol. The monoisotopic (exact) mass is 288 g/mol. The lowest BCUT2D eigenvalue weighted by Gasteiger charge is -2.25. The number of rotatable bonds is 3. The fourth-order valence-corrected chi connectivity index (χ4v) is 4.68. The van der Waals surface area contributed by atoms with Crippen LogP contribution in [0.5, 0.6) is 0 Å². The number of fused-ring (bicyclic) bond motifs is 1. The summed E-state index contributed by atoms with van der Waals surface area (Å²) in [5.74, 6) is 1.52. The Labute approximate surface area is 125 Å². The largest absolute Gasteiger partial charge is 0.350 e. The highest BCUT2D eigenvalue weighted by Gasteiger charge is 2.43. The molecular formula is C16H24N4O. The zero-order chi connectivity index (χ0) is 14.2. The Kier molecular flexibility index (Phi) is 3.45. The first kappa shape index (κ1) is 13.3. The normalized spacial score (nSPS) is 38.6. The van der Waals surface area contributed by atoms with Crippen molar-refractivity contribution in [3.8, 4) is 0 Å². The minimum Gasteiger partial charge on any atom is -0.350 e. The van der Waals surface area contributed by atoms with E-state index in [1.165, 1.54) is 25.7 Å². The third kappa shape index (κ3) is 2.37. The maximum absolute atomic E-state index is 12.7. The van der Waals surface area contributed by atoms with Crippen LogP contribution < -0.4 is 10.6 Å². The first-order valence-corrected chi connectivity index (χ1v) is 8.34. The van der Waals surface area contributed by atoms with Crippen molar-refractivity contribution in [1.82, 2.24) is 20.2 Å². The molecule has 1 aliphatic heterocycles. The van der Waals surface area contributed by atoms with Crippen LogP contribution in [0.2, 0.25) is 0 Å². The molecule has 2 aliphatic carbocycles. The van der Waals surface area contributed by atoms with Crippen molar-refractivity contribution >= 4 is 5.91 Å². The summed E-state index contributed by atoms with van der Waals surface area (Å²) in [7, 11) is 0. The molecule has 1 aromatic rings. The van der Waals surface area contributed by atoms with E-state index in [0.717, 1.165) is 25.3 Å². The SMILES string of the molecule is O=C(NC1CCCC1n1ccnc1)C1NCC2CCCC21. The summed E-state index contributed by atoms with van der Waals surface area (Å²) in [6, 6.07) is 0.674. The lowest BCUT2D eigenvalue weighted by molar-refractivity contribution is -0.124. The molecule has 1 saturated heterocycles. The first-order chi connectivity index (χ1) is 10.3. The summed E-state index contributed by atoms with van der Waals surface area (Å²) in [6.45, 7) is 1.03. The predicted octanol–water partition coefficient (Wildman–Crippen LogP) is 1.48. The second kappa shape index (κ2) is 5.44. The van der Waals surface area contributed by atoms with E-state index in [9.17, 15) is 4.79 Å². The van der Waals surface area contributed by atoms with E-state index in [1.807, 2.05) is 18.7 Å². The van der Waals surface area contributed by atoms with Crippen molar-refractivity contribution in [3.05, 3.63) is 18.7 Å². The zero-order valence-corrected chi connectivity index (χ0v) is 12.4. The molecule has 114 valence electrons. The third-order valence-corrected chi connectivity index (χ3v) is 5.74. The van der Waals surface area contributed by atoms with Crippen molar-refractivity contribution in [3.63, 3.8) is 0 Å². The molecule has 2 heterocycles. The van der Waals surface area contributed by atoms with Gasteiger partial charge >= 0.3 is 0 Å². The molecule has 2 N–H and O–H groups in total. The van der Waals surface area contributed by atoms with Gasteiger partial charge in [-0.2, -0.15) is 0 Å². The zero-order valence-electron chi connectivity index (χ0n) is 12.4. The molecule has 3 aliphatic rings. The molecule has 5 unspecified atom stereocenters. The molecule has 0 spiro atoms. The molecule has 1 aromatic heterocycles. The summed E-state index contributed by atoms with van der Waals surface area (Å²) in [6.07, 6.45) is 12.9. The van der Waals surface area contributed by atoms with E-state index in [0.29, 0.717) is 12.0 Å². The molecule has 0 radical (unpaired) electrons. The molecule has 4 rings (SSSR count). The number of aromatic nitrogens is 2. The molecule has 1 amide bonds. The fraction of sp³-hybridized carbons (Fsp3) is 0.750. The summed E-state index contributed by atoms with van der Waals surface area (Å²) >= 11 is 0. The quantitative estimate of drug-likeness (QED) is 0.886. The van der Waals surface area contributed by atoms with Gasteiger partial charge in [-0.1, -0.05) is 6.42 Å². The maximum atomic E-state index is 12.7. The van der Waals surface area contributed by atoms with Crippen molar-refractivity contribution in [2.24, 2.45) is 11.8 Å². The summed E-state index contributed by atoms with van der Waals surface area (Å²) in [5.41, 5.74) is 0. The molecule has 5 atom stereocenters. The molecule has 0 aromatic carbocycles. The molecule has 21 heavy (non-hydrogen) atoms. The molecular weight excluding hydrogens is 264 g/mol. The first-order valence-electron chi connectivity index (χ1n) is 8.34. The van der Waals surface area contributed by atoms with Crippen LogP contribution in [0.15, 0.2) is 18.7 Å². The lowest BCUT2D eigenvalue weighted by Crippen LogP contribution is -2.48. The van der Waals surface area contributed by atoms with Gasteiger partial charge in [0.2, 0.25) is 5.91 Å². The molecule has 5 nitrogen and oxygen atoms in total. The lowest BCUT2D eigenvalue weighted by atomic mass is 9.93. The summed E-state index contributed by atoms with van der Waals surface area (Å²) < 4.78 is 2.15. The van der Waals surface area contributed by atoms with Crippen molar-refractivity contribution in [2.45, 2.75) is 56.7 Å². The molecule has 0 bridgehead atoms. The molecule has 5 heteroatoms.